The number of nitrogens with one attached hydrogen (secondary N) is 1. The molecule has 0 unspecified atom stereocenters. The molecule has 3 N–H and O–H groups in total. The summed E-state index contributed by atoms with van der Waals surface area (Å²) in [4.78, 5) is 15.7. The number of aromatic nitrogens is 1. The fraction of sp³-hybridized carbons (Fsp3) is 0.250. The predicted molar refractivity (Wildman–Crippen MR) is 88.5 cm³/mol. The van der Waals surface area contributed by atoms with Crippen LogP contribution >= 0.6 is 11.8 Å². The van der Waals surface area contributed by atoms with E-state index in [2.05, 4.69) is 10.3 Å². The SMILES string of the molecule is NCCSCC(=O)Nc1ccc(Cc2ccncc2)cc1. The average Bonchev–Trinajstić information content (AvgIpc) is 2.51. The molecule has 0 atom stereocenters. The molecule has 0 bridgehead atoms. The van der Waals surface area contributed by atoms with Crippen LogP contribution in [0, 0.1) is 0 Å². The highest BCUT2D eigenvalue weighted by molar-refractivity contribution is 7.99. The van der Waals surface area contributed by atoms with Crippen LogP contribution in [-0.4, -0.2) is 28.9 Å². The van der Waals surface area contributed by atoms with E-state index in [1.807, 2.05) is 36.4 Å². The number of hydrogen-bond donors (Lipinski definition) is 2. The molecule has 1 aromatic heterocycles. The van der Waals surface area contributed by atoms with Crippen molar-refractivity contribution in [3.63, 3.8) is 0 Å². The number of anilines is 1. The van der Waals surface area contributed by atoms with E-state index in [0.29, 0.717) is 12.3 Å². The first-order valence-corrected chi connectivity index (χ1v) is 7.99. The number of nitrogens with zero attached hydrogens (tertiary/aromatic N) is 1. The van der Waals surface area contributed by atoms with E-state index < -0.39 is 0 Å². The molecule has 4 nitrogen and oxygen atoms in total. The largest absolute Gasteiger partial charge is 0.330 e. The summed E-state index contributed by atoms with van der Waals surface area (Å²) in [5.41, 5.74) is 8.64. The molecular formula is C16H19N3OS. The number of rotatable bonds is 7. The summed E-state index contributed by atoms with van der Waals surface area (Å²) in [6, 6.07) is 11.9. The summed E-state index contributed by atoms with van der Waals surface area (Å²) in [7, 11) is 0. The van der Waals surface area contributed by atoms with Gasteiger partial charge in [0.15, 0.2) is 0 Å². The number of carbonyl (C=O) groups excluding carboxylic acids is 1. The van der Waals surface area contributed by atoms with Crippen LogP contribution in [-0.2, 0) is 11.2 Å². The summed E-state index contributed by atoms with van der Waals surface area (Å²) in [5, 5.41) is 2.88. The Kier molecular flexibility index (Phi) is 6.24. The minimum Gasteiger partial charge on any atom is -0.330 e. The molecule has 0 saturated carbocycles. The number of amides is 1. The number of carbonyl (C=O) groups is 1. The Morgan fingerprint density at radius 1 is 1.10 bits per heavy atom. The molecule has 0 aliphatic heterocycles. The summed E-state index contributed by atoms with van der Waals surface area (Å²) in [5.74, 6) is 1.25. The molecule has 0 aliphatic rings. The van der Waals surface area contributed by atoms with Gasteiger partial charge in [-0.2, -0.15) is 11.8 Å². The fourth-order valence-electron chi connectivity index (χ4n) is 1.89. The topological polar surface area (TPSA) is 68.0 Å². The van der Waals surface area contributed by atoms with E-state index in [9.17, 15) is 4.79 Å². The molecule has 0 aliphatic carbocycles. The van der Waals surface area contributed by atoms with Crippen molar-refractivity contribution >= 4 is 23.4 Å². The number of pyridine rings is 1. The first kappa shape index (κ1) is 15.5. The van der Waals surface area contributed by atoms with Crippen LogP contribution in [0.4, 0.5) is 5.69 Å². The van der Waals surface area contributed by atoms with Gasteiger partial charge in [0.1, 0.15) is 0 Å². The molecule has 5 heteroatoms. The Hall–Kier alpha value is -1.85. The maximum absolute atomic E-state index is 11.7. The van der Waals surface area contributed by atoms with Crippen molar-refractivity contribution in [2.75, 3.05) is 23.4 Å². The van der Waals surface area contributed by atoms with Crippen LogP contribution in [0.2, 0.25) is 0 Å². The summed E-state index contributed by atoms with van der Waals surface area (Å²) in [6.07, 6.45) is 4.45. The highest BCUT2D eigenvalue weighted by Gasteiger charge is 2.02. The van der Waals surface area contributed by atoms with Gasteiger partial charge in [-0.05, 0) is 41.8 Å². The zero-order valence-corrected chi connectivity index (χ0v) is 12.6. The van der Waals surface area contributed by atoms with Crippen molar-refractivity contribution < 1.29 is 4.79 Å². The molecule has 1 heterocycles. The smallest absolute Gasteiger partial charge is 0.234 e. The predicted octanol–water partition coefficient (Wildman–Crippen LogP) is 2.30. The Morgan fingerprint density at radius 2 is 1.76 bits per heavy atom. The Labute approximate surface area is 129 Å². The van der Waals surface area contributed by atoms with Gasteiger partial charge >= 0.3 is 0 Å². The van der Waals surface area contributed by atoms with Crippen molar-refractivity contribution in [1.29, 1.82) is 0 Å². The lowest BCUT2D eigenvalue weighted by atomic mass is 10.1. The lowest BCUT2D eigenvalue weighted by Gasteiger charge is -2.06. The molecule has 0 radical (unpaired) electrons. The van der Waals surface area contributed by atoms with Crippen LogP contribution in [0.15, 0.2) is 48.8 Å². The van der Waals surface area contributed by atoms with Crippen molar-refractivity contribution in [3.8, 4) is 0 Å². The second kappa shape index (κ2) is 8.44. The van der Waals surface area contributed by atoms with Crippen LogP contribution < -0.4 is 11.1 Å². The third-order valence-corrected chi connectivity index (χ3v) is 3.88. The minimum absolute atomic E-state index is 0.00957. The lowest BCUT2D eigenvalue weighted by molar-refractivity contribution is -0.113. The van der Waals surface area contributed by atoms with E-state index in [-0.39, 0.29) is 5.91 Å². The molecule has 110 valence electrons. The fourth-order valence-corrected chi connectivity index (χ4v) is 2.46. The average molecular weight is 301 g/mol. The van der Waals surface area contributed by atoms with E-state index in [1.54, 1.807) is 24.2 Å². The zero-order chi connectivity index (χ0) is 14.9. The van der Waals surface area contributed by atoms with Crippen LogP contribution in [0.5, 0.6) is 0 Å². The Balaban J connectivity index is 1.85. The lowest BCUT2D eigenvalue weighted by Crippen LogP contribution is -2.15. The molecule has 0 spiro atoms. The zero-order valence-electron chi connectivity index (χ0n) is 11.8. The summed E-state index contributed by atoms with van der Waals surface area (Å²) < 4.78 is 0. The Bertz CT molecular complexity index is 557. The normalized spacial score (nSPS) is 10.3. The van der Waals surface area contributed by atoms with Crippen molar-refractivity contribution in [2.24, 2.45) is 5.73 Å². The quantitative estimate of drug-likeness (QED) is 0.770. The number of thioether (sulfide) groups is 1. The van der Waals surface area contributed by atoms with Crippen LogP contribution in [0.1, 0.15) is 11.1 Å². The van der Waals surface area contributed by atoms with Gasteiger partial charge < -0.3 is 11.1 Å². The minimum atomic E-state index is 0.00957. The summed E-state index contributed by atoms with van der Waals surface area (Å²) >= 11 is 1.54. The van der Waals surface area contributed by atoms with Crippen molar-refractivity contribution in [2.45, 2.75) is 6.42 Å². The second-order valence-corrected chi connectivity index (χ2v) is 5.72. The molecule has 0 fully saturated rings. The molecular weight excluding hydrogens is 282 g/mol. The molecule has 21 heavy (non-hydrogen) atoms. The first-order chi connectivity index (χ1) is 10.3. The van der Waals surface area contributed by atoms with Gasteiger partial charge in [0.2, 0.25) is 5.91 Å². The highest BCUT2D eigenvalue weighted by atomic mass is 32.2. The number of nitrogens with two attached hydrogens (primary N) is 1. The molecule has 2 aromatic rings. The first-order valence-electron chi connectivity index (χ1n) is 6.83. The monoisotopic (exact) mass is 301 g/mol. The molecule has 1 amide bonds. The van der Waals surface area contributed by atoms with Crippen molar-refractivity contribution in [1.82, 2.24) is 4.98 Å². The standard InChI is InChI=1S/C16H19N3OS/c17-7-10-21-12-16(20)19-15-3-1-13(2-4-15)11-14-5-8-18-9-6-14/h1-6,8-9H,7,10-12,17H2,(H,19,20). The highest BCUT2D eigenvalue weighted by Crippen LogP contribution is 2.13. The van der Waals surface area contributed by atoms with Gasteiger partial charge in [-0.25, -0.2) is 0 Å². The van der Waals surface area contributed by atoms with Gasteiger partial charge in [-0.15, -0.1) is 0 Å². The second-order valence-electron chi connectivity index (χ2n) is 4.62. The molecule has 0 saturated heterocycles. The Morgan fingerprint density at radius 3 is 2.43 bits per heavy atom. The van der Waals surface area contributed by atoms with E-state index in [0.717, 1.165) is 17.9 Å². The molecule has 2 rings (SSSR count). The van der Waals surface area contributed by atoms with Crippen LogP contribution in [0.25, 0.3) is 0 Å². The van der Waals surface area contributed by atoms with Gasteiger partial charge in [-0.3, -0.25) is 9.78 Å². The maximum atomic E-state index is 11.7. The van der Waals surface area contributed by atoms with Gasteiger partial charge in [0, 0.05) is 30.4 Å². The molecule has 1 aromatic carbocycles. The number of hydrogen-bond acceptors (Lipinski definition) is 4. The van der Waals surface area contributed by atoms with E-state index in [4.69, 9.17) is 5.73 Å². The maximum Gasteiger partial charge on any atom is 0.234 e. The third-order valence-electron chi connectivity index (χ3n) is 2.89. The van der Waals surface area contributed by atoms with Crippen LogP contribution in [0.3, 0.4) is 0 Å². The summed E-state index contributed by atoms with van der Waals surface area (Å²) in [6.45, 7) is 0.599. The van der Waals surface area contributed by atoms with Gasteiger partial charge in [0.05, 0.1) is 5.75 Å². The van der Waals surface area contributed by atoms with Gasteiger partial charge in [-0.1, -0.05) is 12.1 Å². The van der Waals surface area contributed by atoms with Gasteiger partial charge in [0.25, 0.3) is 0 Å². The number of benzene rings is 1. The van der Waals surface area contributed by atoms with Crippen molar-refractivity contribution in [3.05, 3.63) is 59.9 Å². The van der Waals surface area contributed by atoms with E-state index in [1.165, 1.54) is 11.1 Å². The third kappa shape index (κ3) is 5.57. The van der Waals surface area contributed by atoms with E-state index >= 15 is 0 Å².